The van der Waals surface area contributed by atoms with Gasteiger partial charge in [0.2, 0.25) is 5.91 Å². The van der Waals surface area contributed by atoms with Gasteiger partial charge in [0.1, 0.15) is 5.84 Å². The summed E-state index contributed by atoms with van der Waals surface area (Å²) in [6.45, 7) is 20.0. The molecular formula is C32H48N4O. The summed E-state index contributed by atoms with van der Waals surface area (Å²) in [4.78, 5) is 21.2. The Morgan fingerprint density at radius 1 is 1.14 bits per heavy atom. The molecule has 0 aromatic heterocycles. The third-order valence-corrected chi connectivity index (χ3v) is 6.73. The van der Waals surface area contributed by atoms with Crippen molar-refractivity contribution in [3.05, 3.63) is 82.4 Å². The molecule has 0 aromatic carbocycles. The minimum Gasteiger partial charge on any atom is -0.387 e. The second-order valence-electron chi connectivity index (χ2n) is 10.2. The molecule has 2 heterocycles. The topological polar surface area (TPSA) is 61.9 Å². The van der Waals surface area contributed by atoms with Crippen LogP contribution in [0.5, 0.6) is 0 Å². The Balaban J connectivity index is 2.22. The van der Waals surface area contributed by atoms with Gasteiger partial charge in [-0.05, 0) is 81.7 Å². The van der Waals surface area contributed by atoms with Crippen LogP contribution in [-0.2, 0) is 4.79 Å². The van der Waals surface area contributed by atoms with Crippen molar-refractivity contribution in [3.63, 3.8) is 0 Å². The SMILES string of the molecule is C=C(C1=CC(/C=C\C/C(C)=C/C2=C(C)CCC(=O)N(CCC)/C=C\2)=C(C)N=C(N)C1)N(CCC)CCC. The van der Waals surface area contributed by atoms with E-state index in [0.29, 0.717) is 18.7 Å². The van der Waals surface area contributed by atoms with Crippen molar-refractivity contribution >= 4 is 11.7 Å². The van der Waals surface area contributed by atoms with E-state index < -0.39 is 0 Å². The molecule has 0 spiro atoms. The molecule has 0 radical (unpaired) electrons. The molecule has 0 atom stereocenters. The maximum atomic E-state index is 12.4. The highest BCUT2D eigenvalue weighted by molar-refractivity contribution is 5.85. The predicted molar refractivity (Wildman–Crippen MR) is 159 cm³/mol. The van der Waals surface area contributed by atoms with Crippen LogP contribution >= 0.6 is 0 Å². The van der Waals surface area contributed by atoms with E-state index in [-0.39, 0.29) is 5.91 Å². The van der Waals surface area contributed by atoms with E-state index in [4.69, 9.17) is 5.73 Å². The lowest BCUT2D eigenvalue weighted by molar-refractivity contribution is -0.128. The zero-order valence-electron chi connectivity index (χ0n) is 24.1. The Morgan fingerprint density at radius 3 is 2.49 bits per heavy atom. The van der Waals surface area contributed by atoms with Crippen LogP contribution in [0, 0.1) is 0 Å². The largest absolute Gasteiger partial charge is 0.387 e. The van der Waals surface area contributed by atoms with Gasteiger partial charge in [0, 0.05) is 50.1 Å². The van der Waals surface area contributed by atoms with Crippen molar-refractivity contribution in [2.75, 3.05) is 19.6 Å². The number of nitrogens with zero attached hydrogens (tertiary/aromatic N) is 3. The van der Waals surface area contributed by atoms with Crippen LogP contribution in [0.3, 0.4) is 0 Å². The van der Waals surface area contributed by atoms with Gasteiger partial charge in [0.05, 0.1) is 0 Å². The Hall–Kier alpha value is -3.08. The molecular weight excluding hydrogens is 456 g/mol. The molecule has 0 bridgehead atoms. The van der Waals surface area contributed by atoms with Gasteiger partial charge >= 0.3 is 0 Å². The Kier molecular flexibility index (Phi) is 12.4. The lowest BCUT2D eigenvalue weighted by Gasteiger charge is -2.27. The molecule has 0 saturated heterocycles. The fraction of sp³-hybridized carbons (Fsp3) is 0.500. The van der Waals surface area contributed by atoms with Crippen LogP contribution < -0.4 is 5.73 Å². The number of hydrogen-bond donors (Lipinski definition) is 1. The van der Waals surface area contributed by atoms with E-state index in [9.17, 15) is 4.79 Å². The zero-order valence-corrected chi connectivity index (χ0v) is 24.1. The van der Waals surface area contributed by atoms with Crippen LogP contribution in [0.2, 0.25) is 0 Å². The Labute approximate surface area is 225 Å². The number of aliphatic imine (C=N–C) groups is 1. The number of nitrogens with two attached hydrogens (primary N) is 1. The van der Waals surface area contributed by atoms with Gasteiger partial charge in [-0.2, -0.15) is 0 Å². The maximum absolute atomic E-state index is 12.4. The van der Waals surface area contributed by atoms with Gasteiger partial charge < -0.3 is 15.5 Å². The van der Waals surface area contributed by atoms with Gasteiger partial charge in [-0.3, -0.25) is 4.79 Å². The second-order valence-corrected chi connectivity index (χ2v) is 10.2. The highest BCUT2D eigenvalue weighted by Crippen LogP contribution is 2.26. The Bertz CT molecular complexity index is 1040. The molecule has 2 N–H and O–H groups in total. The van der Waals surface area contributed by atoms with Crippen LogP contribution in [0.25, 0.3) is 0 Å². The molecule has 37 heavy (non-hydrogen) atoms. The average molecular weight is 505 g/mol. The number of amidine groups is 1. The molecule has 2 rings (SSSR count). The van der Waals surface area contributed by atoms with Crippen LogP contribution in [0.4, 0.5) is 0 Å². The van der Waals surface area contributed by atoms with Crippen molar-refractivity contribution in [1.29, 1.82) is 0 Å². The summed E-state index contributed by atoms with van der Waals surface area (Å²) in [5, 5.41) is 0. The molecule has 0 saturated carbocycles. The first-order chi connectivity index (χ1) is 17.7. The highest BCUT2D eigenvalue weighted by Gasteiger charge is 2.16. The smallest absolute Gasteiger partial charge is 0.226 e. The normalized spacial score (nSPS) is 18.5. The van der Waals surface area contributed by atoms with E-state index in [1.807, 2.05) is 18.0 Å². The van der Waals surface area contributed by atoms with Crippen molar-refractivity contribution in [2.45, 2.75) is 86.5 Å². The van der Waals surface area contributed by atoms with E-state index in [1.165, 1.54) is 16.7 Å². The van der Waals surface area contributed by atoms with Crippen LogP contribution in [0.15, 0.2) is 87.4 Å². The van der Waals surface area contributed by atoms with E-state index in [2.05, 4.69) is 81.5 Å². The number of allylic oxidation sites excluding steroid dienone is 11. The van der Waals surface area contributed by atoms with Crippen LogP contribution in [0.1, 0.15) is 86.5 Å². The molecule has 0 aromatic rings. The first kappa shape index (κ1) is 30.1. The van der Waals surface area contributed by atoms with Gasteiger partial charge in [-0.25, -0.2) is 4.99 Å². The molecule has 5 nitrogen and oxygen atoms in total. The number of hydrogen-bond acceptors (Lipinski definition) is 4. The zero-order chi connectivity index (χ0) is 27.4. The molecule has 0 unspecified atom stereocenters. The van der Waals surface area contributed by atoms with Crippen molar-refractivity contribution in [3.8, 4) is 0 Å². The fourth-order valence-corrected chi connectivity index (χ4v) is 4.62. The quantitative estimate of drug-likeness (QED) is 0.302. The van der Waals surface area contributed by atoms with Gasteiger partial charge in [-0.15, -0.1) is 0 Å². The van der Waals surface area contributed by atoms with Gasteiger partial charge in [-0.1, -0.05) is 56.7 Å². The maximum Gasteiger partial charge on any atom is 0.226 e. The summed E-state index contributed by atoms with van der Waals surface area (Å²) in [6.07, 6.45) is 18.8. The first-order valence-electron chi connectivity index (χ1n) is 13.9. The number of carbonyl (C=O) groups excluding carboxylic acids is 1. The lowest BCUT2D eigenvalue weighted by Crippen LogP contribution is -2.27. The minimum absolute atomic E-state index is 0.207. The van der Waals surface area contributed by atoms with E-state index in [0.717, 1.165) is 74.3 Å². The second kappa shape index (κ2) is 15.2. The fourth-order valence-electron chi connectivity index (χ4n) is 4.62. The van der Waals surface area contributed by atoms with Gasteiger partial charge in [0.15, 0.2) is 0 Å². The molecule has 1 amide bonds. The summed E-state index contributed by atoms with van der Waals surface area (Å²) in [5.41, 5.74) is 14.2. The van der Waals surface area contributed by atoms with Gasteiger partial charge in [0.25, 0.3) is 0 Å². The van der Waals surface area contributed by atoms with Crippen molar-refractivity contribution in [2.24, 2.45) is 10.7 Å². The summed E-state index contributed by atoms with van der Waals surface area (Å²) < 4.78 is 0. The predicted octanol–water partition coefficient (Wildman–Crippen LogP) is 7.34. The summed E-state index contributed by atoms with van der Waals surface area (Å²) >= 11 is 0. The van der Waals surface area contributed by atoms with E-state index >= 15 is 0 Å². The molecule has 0 fully saturated rings. The third kappa shape index (κ3) is 9.38. The standard InChI is InChI=1S/C32H48N4O/c1-8-17-35(18-9-2)27(7)30-22-29(26(6)34-31(33)23-30)13-11-12-24(4)21-28-16-20-36(19-10-3)32(37)15-14-25(28)5/h11,13,16,20-22H,7-10,12,14-15,17-19,23H2,1-6H3,(H2,33,34)/b13-11-,20-16-,24-21+,28-25?. The molecule has 0 aliphatic carbocycles. The third-order valence-electron chi connectivity index (χ3n) is 6.73. The monoisotopic (exact) mass is 504 g/mol. The lowest BCUT2D eigenvalue weighted by atomic mass is 9.99. The summed E-state index contributed by atoms with van der Waals surface area (Å²) in [5.74, 6) is 0.837. The summed E-state index contributed by atoms with van der Waals surface area (Å²) in [7, 11) is 0. The molecule has 202 valence electrons. The molecule has 5 heteroatoms. The molecule has 2 aliphatic rings. The van der Waals surface area contributed by atoms with Crippen molar-refractivity contribution in [1.82, 2.24) is 9.80 Å². The Morgan fingerprint density at radius 2 is 1.84 bits per heavy atom. The first-order valence-corrected chi connectivity index (χ1v) is 13.9. The van der Waals surface area contributed by atoms with E-state index in [1.54, 1.807) is 0 Å². The van der Waals surface area contributed by atoms with Crippen molar-refractivity contribution < 1.29 is 4.79 Å². The summed E-state index contributed by atoms with van der Waals surface area (Å²) in [6, 6.07) is 0. The number of amides is 1. The molecule has 2 aliphatic heterocycles. The van der Waals surface area contributed by atoms with Crippen LogP contribution in [-0.4, -0.2) is 41.2 Å². The average Bonchev–Trinajstić information content (AvgIpc) is 3.00. The highest BCUT2D eigenvalue weighted by atomic mass is 16.2. The minimum atomic E-state index is 0.207. The number of carbonyl (C=O) groups is 1. The number of rotatable bonds is 12.